The number of benzene rings is 3. The van der Waals surface area contributed by atoms with Crippen LogP contribution in [0, 0.1) is 5.82 Å². The van der Waals surface area contributed by atoms with Gasteiger partial charge in [0.15, 0.2) is 0 Å². The van der Waals surface area contributed by atoms with Crippen LogP contribution in [-0.2, 0) is 6.54 Å². The third kappa shape index (κ3) is 4.18. The molecule has 1 heterocycles. The van der Waals surface area contributed by atoms with Crippen molar-refractivity contribution in [3.63, 3.8) is 0 Å². The summed E-state index contributed by atoms with van der Waals surface area (Å²) in [6.07, 6.45) is 0. The number of aromatic nitrogens is 2. The van der Waals surface area contributed by atoms with Gasteiger partial charge < -0.3 is 5.32 Å². The average Bonchev–Trinajstić information content (AvgIpc) is 2.82. The van der Waals surface area contributed by atoms with E-state index < -0.39 is 17.3 Å². The van der Waals surface area contributed by atoms with Gasteiger partial charge in [-0.25, -0.2) is 9.07 Å². The second-order valence-electron chi connectivity index (χ2n) is 7.03. The number of nitrogens with one attached hydrogen (secondary N) is 1. The summed E-state index contributed by atoms with van der Waals surface area (Å²) in [6.45, 7) is 2.07. The number of carbonyl (C=O) groups is 1. The molecule has 1 amide bonds. The molecular weight excluding hydrogens is 429 g/mol. The predicted molar refractivity (Wildman–Crippen MR) is 124 cm³/mol. The number of carbonyl (C=O) groups excluding carboxylic acids is 1. The Morgan fingerprint density at radius 1 is 1.00 bits per heavy atom. The minimum Gasteiger partial charge on any atom is -0.322 e. The van der Waals surface area contributed by atoms with Crippen molar-refractivity contribution < 1.29 is 9.18 Å². The molecule has 0 saturated heterocycles. The lowest BCUT2D eigenvalue weighted by Crippen LogP contribution is -2.32. The monoisotopic (exact) mass is 447 g/mol. The van der Waals surface area contributed by atoms with E-state index in [-0.39, 0.29) is 22.8 Å². The first kappa shape index (κ1) is 21.5. The molecule has 0 radical (unpaired) electrons. The van der Waals surface area contributed by atoms with Gasteiger partial charge in [-0.05, 0) is 30.7 Å². The summed E-state index contributed by atoms with van der Waals surface area (Å²) in [4.78, 5) is 26.7. The van der Waals surface area contributed by atoms with Crippen LogP contribution in [0.5, 0.6) is 0 Å². The molecule has 0 saturated carbocycles. The maximum Gasteiger partial charge on any atom is 0.280 e. The Labute approximate surface area is 189 Å². The van der Waals surface area contributed by atoms with Gasteiger partial charge in [-0.1, -0.05) is 72.3 Å². The van der Waals surface area contributed by atoms with E-state index >= 15 is 0 Å². The molecule has 7 heteroatoms. The van der Waals surface area contributed by atoms with E-state index in [1.807, 2.05) is 60.7 Å². The molecule has 3 aromatic carbocycles. The van der Waals surface area contributed by atoms with Crippen LogP contribution in [0.15, 0.2) is 83.7 Å². The van der Waals surface area contributed by atoms with Gasteiger partial charge in [0, 0.05) is 23.4 Å². The quantitative estimate of drug-likeness (QED) is 0.430. The number of amides is 1. The molecule has 0 bridgehead atoms. The zero-order valence-corrected chi connectivity index (χ0v) is 17.9. The zero-order chi connectivity index (χ0) is 22.7. The van der Waals surface area contributed by atoms with Gasteiger partial charge in [0.2, 0.25) is 0 Å². The summed E-state index contributed by atoms with van der Waals surface area (Å²) in [7, 11) is 0. The van der Waals surface area contributed by atoms with Gasteiger partial charge in [-0.3, -0.25) is 9.59 Å². The summed E-state index contributed by atoms with van der Waals surface area (Å²) in [5.74, 6) is -1.23. The third-order valence-electron chi connectivity index (χ3n) is 4.97. The Balaban J connectivity index is 1.96. The summed E-state index contributed by atoms with van der Waals surface area (Å²) in [6, 6.07) is 22.4. The molecule has 1 aromatic heterocycles. The highest BCUT2D eigenvalue weighted by Gasteiger charge is 2.25. The number of hydrogen-bond acceptors (Lipinski definition) is 3. The number of aryl methyl sites for hydroxylation is 1. The molecule has 4 rings (SSSR count). The molecule has 5 nitrogen and oxygen atoms in total. The first-order chi connectivity index (χ1) is 15.5. The molecule has 160 valence electrons. The summed E-state index contributed by atoms with van der Waals surface area (Å²) in [5, 5.41) is 7.11. The van der Waals surface area contributed by atoms with Crippen LogP contribution in [0.25, 0.3) is 22.4 Å². The van der Waals surface area contributed by atoms with E-state index in [2.05, 4.69) is 10.4 Å². The fourth-order valence-corrected chi connectivity index (χ4v) is 3.63. The molecular formula is C25H19ClFN3O2. The van der Waals surface area contributed by atoms with Gasteiger partial charge in [0.25, 0.3) is 11.5 Å². The van der Waals surface area contributed by atoms with Gasteiger partial charge in [-0.15, -0.1) is 0 Å². The van der Waals surface area contributed by atoms with E-state index in [1.165, 1.54) is 16.8 Å². The fourth-order valence-electron chi connectivity index (χ4n) is 3.45. The second-order valence-corrected chi connectivity index (χ2v) is 7.44. The Bertz CT molecular complexity index is 1340. The zero-order valence-electron chi connectivity index (χ0n) is 17.2. The van der Waals surface area contributed by atoms with Gasteiger partial charge in [-0.2, -0.15) is 5.10 Å². The van der Waals surface area contributed by atoms with Gasteiger partial charge >= 0.3 is 0 Å². The topological polar surface area (TPSA) is 64.0 Å². The van der Waals surface area contributed by atoms with E-state index in [0.29, 0.717) is 16.8 Å². The SMILES string of the molecule is CCn1nc(-c2ccccc2)c(-c2ccccc2)c(C(=O)Nc2ccc(F)c(Cl)c2)c1=O. The van der Waals surface area contributed by atoms with Crippen LogP contribution >= 0.6 is 11.6 Å². The number of hydrogen-bond donors (Lipinski definition) is 1. The normalized spacial score (nSPS) is 10.7. The van der Waals surface area contributed by atoms with Crippen molar-refractivity contribution in [3.8, 4) is 22.4 Å². The molecule has 0 aliphatic rings. The second kappa shape index (κ2) is 9.16. The van der Waals surface area contributed by atoms with Gasteiger partial charge in [0.1, 0.15) is 11.4 Å². The van der Waals surface area contributed by atoms with E-state index in [1.54, 1.807) is 6.92 Å². The first-order valence-corrected chi connectivity index (χ1v) is 10.4. The van der Waals surface area contributed by atoms with Crippen molar-refractivity contribution >= 4 is 23.2 Å². The summed E-state index contributed by atoms with van der Waals surface area (Å²) >= 11 is 5.85. The highest BCUT2D eigenvalue weighted by molar-refractivity contribution is 6.31. The number of nitrogens with zero attached hydrogens (tertiary/aromatic N) is 2. The highest BCUT2D eigenvalue weighted by Crippen LogP contribution is 2.32. The minimum absolute atomic E-state index is 0.0487. The van der Waals surface area contributed by atoms with Crippen LogP contribution in [0.3, 0.4) is 0 Å². The van der Waals surface area contributed by atoms with E-state index in [9.17, 15) is 14.0 Å². The van der Waals surface area contributed by atoms with E-state index in [4.69, 9.17) is 11.6 Å². The molecule has 0 atom stereocenters. The Morgan fingerprint density at radius 3 is 2.22 bits per heavy atom. The van der Waals surface area contributed by atoms with Crippen molar-refractivity contribution in [3.05, 3.63) is 106 Å². The molecule has 32 heavy (non-hydrogen) atoms. The average molecular weight is 448 g/mol. The fraction of sp³-hybridized carbons (Fsp3) is 0.0800. The van der Waals surface area contributed by atoms with Crippen LogP contribution < -0.4 is 10.9 Å². The maximum atomic E-state index is 13.5. The summed E-state index contributed by atoms with van der Waals surface area (Å²) < 4.78 is 14.8. The van der Waals surface area contributed by atoms with E-state index in [0.717, 1.165) is 11.6 Å². The Kier molecular flexibility index (Phi) is 6.14. The predicted octanol–water partition coefficient (Wildman–Crippen LogP) is 5.64. The molecule has 1 N–H and O–H groups in total. The molecule has 0 aliphatic carbocycles. The van der Waals surface area contributed by atoms with Crippen molar-refractivity contribution in [2.75, 3.05) is 5.32 Å². The Hall–Kier alpha value is -3.77. The van der Waals surface area contributed by atoms with Crippen molar-refractivity contribution in [1.82, 2.24) is 9.78 Å². The van der Waals surface area contributed by atoms with Crippen molar-refractivity contribution in [2.24, 2.45) is 0 Å². The van der Waals surface area contributed by atoms with Gasteiger partial charge in [0.05, 0.1) is 10.7 Å². The third-order valence-corrected chi connectivity index (χ3v) is 5.26. The Morgan fingerprint density at radius 2 is 1.62 bits per heavy atom. The largest absolute Gasteiger partial charge is 0.322 e. The lowest BCUT2D eigenvalue weighted by molar-refractivity contribution is 0.102. The van der Waals surface area contributed by atoms with Crippen molar-refractivity contribution in [2.45, 2.75) is 13.5 Å². The van der Waals surface area contributed by atoms with Crippen LogP contribution in [0.4, 0.5) is 10.1 Å². The molecule has 0 spiro atoms. The minimum atomic E-state index is -0.627. The lowest BCUT2D eigenvalue weighted by atomic mass is 9.95. The van der Waals surface area contributed by atoms with Crippen LogP contribution in [-0.4, -0.2) is 15.7 Å². The standard InChI is InChI=1S/C25H19ClFN3O2/c1-2-30-25(32)22(24(31)28-18-13-14-20(27)19(26)15-18)21(16-9-5-3-6-10-16)23(29-30)17-11-7-4-8-12-17/h3-15H,2H2,1H3,(H,28,31). The number of halogens is 2. The lowest BCUT2D eigenvalue weighted by Gasteiger charge is -2.17. The van der Waals surface area contributed by atoms with Crippen LogP contribution in [0.2, 0.25) is 5.02 Å². The van der Waals surface area contributed by atoms with Crippen molar-refractivity contribution in [1.29, 1.82) is 0 Å². The van der Waals surface area contributed by atoms with Crippen LogP contribution in [0.1, 0.15) is 17.3 Å². The maximum absolute atomic E-state index is 13.5. The number of anilines is 1. The summed E-state index contributed by atoms with van der Waals surface area (Å²) in [5.41, 5.74) is 2.11. The smallest absolute Gasteiger partial charge is 0.280 e. The molecule has 4 aromatic rings. The molecule has 0 unspecified atom stereocenters. The highest BCUT2D eigenvalue weighted by atomic mass is 35.5. The molecule has 0 fully saturated rings. The molecule has 0 aliphatic heterocycles. The first-order valence-electron chi connectivity index (χ1n) is 10.0. The number of rotatable bonds is 5.